The van der Waals surface area contributed by atoms with Gasteiger partial charge in [0.25, 0.3) is 5.91 Å². The highest BCUT2D eigenvalue weighted by Crippen LogP contribution is 2.26. The summed E-state index contributed by atoms with van der Waals surface area (Å²) >= 11 is 4.73. The van der Waals surface area contributed by atoms with E-state index >= 15 is 0 Å². The smallest absolute Gasteiger partial charge is 0.420 e. The van der Waals surface area contributed by atoms with Crippen LogP contribution in [0.4, 0.5) is 14.5 Å². The summed E-state index contributed by atoms with van der Waals surface area (Å²) in [6.07, 6.45) is 9.49. The standard InChI is InChI=1S/C21H19ClF2N4O2/c1-3-4-12-26-19(14-27-15(2)16-6-5-11-25-13-16)20(29)28-17-7-9-18(10-8-17)30-21(22,23)24/h3-14,19H,2H2,1H3,(H,28,29)/b4-3-,26-12?,27-14?. The first kappa shape index (κ1) is 22.9. The number of allylic oxidation sites excluding steroid dienone is 2. The van der Waals surface area contributed by atoms with Crippen molar-refractivity contribution in [1.29, 1.82) is 0 Å². The molecule has 9 heteroatoms. The third-order valence-electron chi connectivity index (χ3n) is 3.52. The number of pyridine rings is 1. The second-order valence-electron chi connectivity index (χ2n) is 5.80. The number of ether oxygens (including phenoxy) is 1. The fraction of sp³-hybridized carbons (Fsp3) is 0.143. The normalized spacial score (nSPS) is 13.1. The molecule has 0 aliphatic heterocycles. The van der Waals surface area contributed by atoms with E-state index in [1.807, 2.05) is 6.92 Å². The molecule has 0 saturated heterocycles. The Kier molecular flexibility index (Phi) is 8.37. The zero-order valence-corrected chi connectivity index (χ0v) is 16.8. The van der Waals surface area contributed by atoms with Gasteiger partial charge in [-0.3, -0.25) is 19.8 Å². The molecule has 1 atom stereocenters. The maximum Gasteiger partial charge on any atom is 0.487 e. The van der Waals surface area contributed by atoms with E-state index in [1.165, 1.54) is 36.7 Å². The number of rotatable bonds is 9. The Balaban J connectivity index is 2.11. The molecular weight excluding hydrogens is 414 g/mol. The molecule has 1 heterocycles. The van der Waals surface area contributed by atoms with Crippen molar-refractivity contribution in [1.82, 2.24) is 4.98 Å². The summed E-state index contributed by atoms with van der Waals surface area (Å²) in [5.74, 6) is -0.625. The predicted octanol–water partition coefficient (Wildman–Crippen LogP) is 4.95. The summed E-state index contributed by atoms with van der Waals surface area (Å²) in [6, 6.07) is 7.89. The molecule has 1 N–H and O–H groups in total. The average Bonchev–Trinajstić information content (AvgIpc) is 2.71. The van der Waals surface area contributed by atoms with Crippen molar-refractivity contribution >= 4 is 41.3 Å². The van der Waals surface area contributed by atoms with Gasteiger partial charge in [-0.15, -0.1) is 8.78 Å². The summed E-state index contributed by atoms with van der Waals surface area (Å²) in [7, 11) is 0. The number of carbonyl (C=O) groups is 1. The van der Waals surface area contributed by atoms with E-state index < -0.39 is 17.5 Å². The molecule has 1 aromatic carbocycles. The van der Waals surface area contributed by atoms with E-state index in [1.54, 1.807) is 36.7 Å². The van der Waals surface area contributed by atoms with Gasteiger partial charge < -0.3 is 10.1 Å². The van der Waals surface area contributed by atoms with Crippen LogP contribution in [0.2, 0.25) is 0 Å². The van der Waals surface area contributed by atoms with Gasteiger partial charge in [0.15, 0.2) is 6.04 Å². The lowest BCUT2D eigenvalue weighted by Crippen LogP contribution is -2.27. The van der Waals surface area contributed by atoms with Crippen LogP contribution in [0.3, 0.4) is 0 Å². The summed E-state index contributed by atoms with van der Waals surface area (Å²) in [5.41, 5.74) is -2.33. The highest BCUT2D eigenvalue weighted by Gasteiger charge is 2.27. The molecule has 0 bridgehead atoms. The van der Waals surface area contributed by atoms with E-state index in [0.29, 0.717) is 16.9 Å². The lowest BCUT2D eigenvalue weighted by molar-refractivity contribution is -0.116. The number of hydrogen-bond donors (Lipinski definition) is 1. The monoisotopic (exact) mass is 432 g/mol. The number of carbonyl (C=O) groups excluding carboxylic acids is 1. The first-order valence-corrected chi connectivity index (χ1v) is 9.11. The van der Waals surface area contributed by atoms with E-state index in [-0.39, 0.29) is 5.75 Å². The summed E-state index contributed by atoms with van der Waals surface area (Å²) in [4.78, 5) is 25.0. The minimum atomic E-state index is -3.81. The summed E-state index contributed by atoms with van der Waals surface area (Å²) < 4.78 is 29.6. The topological polar surface area (TPSA) is 75.9 Å². The molecule has 0 fully saturated rings. The second kappa shape index (κ2) is 11.0. The second-order valence-corrected chi connectivity index (χ2v) is 6.24. The van der Waals surface area contributed by atoms with E-state index in [9.17, 15) is 13.6 Å². The van der Waals surface area contributed by atoms with E-state index in [4.69, 9.17) is 11.6 Å². The number of amides is 1. The maximum atomic E-state index is 12.7. The van der Waals surface area contributed by atoms with Crippen molar-refractivity contribution < 1.29 is 18.3 Å². The van der Waals surface area contributed by atoms with Crippen molar-refractivity contribution in [3.63, 3.8) is 0 Å². The van der Waals surface area contributed by atoms with Crippen LogP contribution in [0.1, 0.15) is 12.5 Å². The minimum absolute atomic E-state index is 0.148. The molecule has 0 aliphatic carbocycles. The zero-order valence-electron chi connectivity index (χ0n) is 16.0. The van der Waals surface area contributed by atoms with E-state index in [0.717, 1.165) is 0 Å². The maximum absolute atomic E-state index is 12.7. The molecule has 30 heavy (non-hydrogen) atoms. The number of anilines is 1. The van der Waals surface area contributed by atoms with Crippen molar-refractivity contribution in [2.75, 3.05) is 5.32 Å². The van der Waals surface area contributed by atoms with Gasteiger partial charge in [0.05, 0.1) is 5.70 Å². The molecule has 0 saturated carbocycles. The zero-order chi connectivity index (χ0) is 22.0. The first-order valence-electron chi connectivity index (χ1n) is 8.73. The first-order chi connectivity index (χ1) is 14.3. The fourth-order valence-electron chi connectivity index (χ4n) is 2.13. The van der Waals surface area contributed by atoms with Gasteiger partial charge in [0, 0.05) is 47.7 Å². The molecule has 1 unspecified atom stereocenters. The number of benzene rings is 1. The third-order valence-corrected chi connectivity index (χ3v) is 3.59. The van der Waals surface area contributed by atoms with Crippen LogP contribution >= 0.6 is 11.6 Å². The highest BCUT2D eigenvalue weighted by molar-refractivity contribution is 6.20. The van der Waals surface area contributed by atoms with Crippen LogP contribution in [0.25, 0.3) is 5.70 Å². The minimum Gasteiger partial charge on any atom is -0.420 e. The van der Waals surface area contributed by atoms with Crippen LogP contribution in [0, 0.1) is 0 Å². The third kappa shape index (κ3) is 7.92. The van der Waals surface area contributed by atoms with Crippen molar-refractivity contribution in [3.8, 4) is 5.75 Å². The van der Waals surface area contributed by atoms with Crippen LogP contribution in [0.15, 0.2) is 77.5 Å². The van der Waals surface area contributed by atoms with Gasteiger partial charge in [-0.1, -0.05) is 12.7 Å². The van der Waals surface area contributed by atoms with Crippen LogP contribution in [0.5, 0.6) is 5.75 Å². The molecule has 6 nitrogen and oxygen atoms in total. The Labute approximate surface area is 177 Å². The Morgan fingerprint density at radius 3 is 2.67 bits per heavy atom. The molecular formula is C21H19ClF2N4O2. The average molecular weight is 433 g/mol. The number of alkyl halides is 3. The van der Waals surface area contributed by atoms with Gasteiger partial charge >= 0.3 is 5.57 Å². The highest BCUT2D eigenvalue weighted by atomic mass is 35.5. The lowest BCUT2D eigenvalue weighted by Gasteiger charge is -2.12. The largest absolute Gasteiger partial charge is 0.487 e. The quantitative estimate of drug-likeness (QED) is 0.450. The van der Waals surface area contributed by atoms with Gasteiger partial charge in [-0.25, -0.2) is 0 Å². The molecule has 0 spiro atoms. The molecule has 0 aliphatic rings. The Morgan fingerprint density at radius 1 is 1.33 bits per heavy atom. The molecule has 2 aromatic rings. The molecule has 156 valence electrons. The number of aromatic nitrogens is 1. The number of hydrogen-bond acceptors (Lipinski definition) is 5. The van der Waals surface area contributed by atoms with Crippen LogP contribution in [-0.4, -0.2) is 34.9 Å². The van der Waals surface area contributed by atoms with Crippen molar-refractivity contribution in [3.05, 3.63) is 73.1 Å². The van der Waals surface area contributed by atoms with Gasteiger partial charge in [0.1, 0.15) is 5.75 Å². The fourth-order valence-corrected chi connectivity index (χ4v) is 2.22. The van der Waals surface area contributed by atoms with Crippen LogP contribution < -0.4 is 10.1 Å². The van der Waals surface area contributed by atoms with Crippen LogP contribution in [-0.2, 0) is 4.79 Å². The Morgan fingerprint density at radius 2 is 2.07 bits per heavy atom. The molecule has 0 radical (unpaired) electrons. The van der Waals surface area contributed by atoms with Gasteiger partial charge in [0.2, 0.25) is 0 Å². The Bertz CT molecular complexity index is 940. The molecule has 2 rings (SSSR count). The van der Waals surface area contributed by atoms with Gasteiger partial charge in [-0.05, 0) is 49.4 Å². The van der Waals surface area contributed by atoms with Crippen molar-refractivity contribution in [2.45, 2.75) is 18.5 Å². The number of nitrogens with zero attached hydrogens (tertiary/aromatic N) is 3. The summed E-state index contributed by atoms with van der Waals surface area (Å²) in [6.45, 7) is 5.67. The predicted molar refractivity (Wildman–Crippen MR) is 115 cm³/mol. The van der Waals surface area contributed by atoms with Crippen molar-refractivity contribution in [2.24, 2.45) is 9.98 Å². The Hall–Kier alpha value is -3.39. The van der Waals surface area contributed by atoms with Gasteiger partial charge in [-0.2, -0.15) is 0 Å². The summed E-state index contributed by atoms with van der Waals surface area (Å²) in [5, 5.41) is 2.64. The van der Waals surface area contributed by atoms with E-state index in [2.05, 4.69) is 31.6 Å². The number of halogens is 3. The lowest BCUT2D eigenvalue weighted by atomic mass is 10.2. The number of nitrogens with one attached hydrogen (secondary N) is 1. The molecule has 1 aromatic heterocycles. The molecule has 1 amide bonds. The SMILES string of the molecule is C=C(N=CC(N=C/C=C\C)C(=O)Nc1ccc(OC(F)(F)Cl)cc1)c1cccnc1. The number of aliphatic imine (C=N–C) groups is 2.